The molecule has 0 fully saturated rings. The van der Waals surface area contributed by atoms with Gasteiger partial charge in [0.05, 0.1) is 16.8 Å². The van der Waals surface area contributed by atoms with Gasteiger partial charge in [0, 0.05) is 71.4 Å². The molecule has 0 N–H and O–H groups in total. The molecule has 4 nitrogen and oxygen atoms in total. The predicted octanol–water partition coefficient (Wildman–Crippen LogP) is 18.0. The van der Waals surface area contributed by atoms with Crippen LogP contribution >= 0.6 is 11.3 Å². The second-order valence-electron chi connectivity index (χ2n) is 16.2. The van der Waals surface area contributed by atoms with Crippen molar-refractivity contribution in [2.24, 2.45) is 0 Å². The van der Waals surface area contributed by atoms with Crippen molar-refractivity contribution >= 4 is 105 Å². The largest absolute Gasteiger partial charge is 0.456 e. The van der Waals surface area contributed by atoms with Crippen LogP contribution in [-0.2, 0) is 0 Å². The molecule has 0 unspecified atom stereocenters. The molecule has 0 saturated heterocycles. The Labute approximate surface area is 381 Å². The lowest BCUT2D eigenvalue weighted by Gasteiger charge is -2.30. The highest BCUT2D eigenvalue weighted by atomic mass is 32.1. The van der Waals surface area contributed by atoms with Crippen LogP contribution in [0.2, 0.25) is 0 Å². The van der Waals surface area contributed by atoms with Crippen molar-refractivity contribution in [2.75, 3.05) is 14.7 Å². The van der Waals surface area contributed by atoms with Crippen LogP contribution in [0, 0.1) is 0 Å². The Kier molecular flexibility index (Phi) is 9.66. The minimum atomic E-state index is 0.791. The first kappa shape index (κ1) is 38.3. The summed E-state index contributed by atoms with van der Waals surface area (Å²) in [5, 5.41) is 4.55. The van der Waals surface area contributed by atoms with Gasteiger partial charge in [-0.05, 0) is 120 Å². The van der Waals surface area contributed by atoms with E-state index in [1.807, 2.05) is 11.3 Å². The third-order valence-electron chi connectivity index (χ3n) is 12.2. The molecule has 0 atom stereocenters. The normalized spacial score (nSPS) is 11.4. The summed E-state index contributed by atoms with van der Waals surface area (Å²) in [5.41, 5.74) is 13.2. The fourth-order valence-corrected chi connectivity index (χ4v) is 10.3. The number of benzene rings is 10. The SMILES string of the molecule is c1ccc(-c2cccc(N(c3ccccc3)c3cc(N(c4ccccc4)c4ccc5sc6ccccc6c5c4)cc4oc5ccc(N(c6ccccc6)c6ccccc6)cc5c34)c2)cc1. The average molecular weight is 852 g/mol. The predicted molar refractivity (Wildman–Crippen MR) is 276 cm³/mol. The summed E-state index contributed by atoms with van der Waals surface area (Å²) in [6, 6.07) is 88.7. The van der Waals surface area contributed by atoms with E-state index in [4.69, 9.17) is 4.42 Å². The van der Waals surface area contributed by atoms with Crippen LogP contribution < -0.4 is 14.7 Å². The molecule has 0 spiro atoms. The van der Waals surface area contributed by atoms with Gasteiger partial charge in [-0.3, -0.25) is 0 Å². The van der Waals surface area contributed by atoms with Gasteiger partial charge in [0.1, 0.15) is 11.2 Å². The summed E-state index contributed by atoms with van der Waals surface area (Å²) in [4.78, 5) is 7.07. The van der Waals surface area contributed by atoms with Gasteiger partial charge < -0.3 is 19.1 Å². The maximum atomic E-state index is 7.06. The Morgan fingerprint density at radius 3 is 1.40 bits per heavy atom. The average Bonchev–Trinajstić information content (AvgIpc) is 3.94. The molecule has 5 heteroatoms. The summed E-state index contributed by atoms with van der Waals surface area (Å²) in [6.45, 7) is 0. The van der Waals surface area contributed by atoms with Crippen molar-refractivity contribution in [3.05, 3.63) is 249 Å². The molecule has 0 radical (unpaired) electrons. The van der Waals surface area contributed by atoms with Gasteiger partial charge in [-0.2, -0.15) is 0 Å². The van der Waals surface area contributed by atoms with Gasteiger partial charge >= 0.3 is 0 Å². The van der Waals surface area contributed by atoms with E-state index in [1.54, 1.807) is 0 Å². The van der Waals surface area contributed by atoms with Crippen molar-refractivity contribution in [2.45, 2.75) is 0 Å². The first-order valence-corrected chi connectivity index (χ1v) is 22.7. The summed E-state index contributed by atoms with van der Waals surface area (Å²) in [6.07, 6.45) is 0. The van der Waals surface area contributed by atoms with Gasteiger partial charge in [-0.1, -0.05) is 133 Å². The van der Waals surface area contributed by atoms with Crippen molar-refractivity contribution in [1.82, 2.24) is 0 Å². The number of anilines is 9. The molecular formula is C60H41N3OS. The minimum Gasteiger partial charge on any atom is -0.456 e. The molecular weight excluding hydrogens is 811 g/mol. The van der Waals surface area contributed by atoms with E-state index < -0.39 is 0 Å². The Morgan fingerprint density at radius 1 is 0.277 bits per heavy atom. The standard InChI is InChI=1S/C60H41N3OS/c1-6-19-42(20-7-1)43-21-18-30-48(37-43)63(47-28-14-5-15-29-47)55-40-51(62(46-26-12-4-13-27-46)50-34-36-59-53(38-50)52-31-16-17-32-58(52)65-59)41-57-60(55)54-39-49(33-35-56(54)64-57)61(44-22-8-2-9-23-44)45-24-10-3-11-25-45/h1-41H. The summed E-state index contributed by atoms with van der Waals surface area (Å²) >= 11 is 1.84. The van der Waals surface area contributed by atoms with E-state index in [9.17, 15) is 0 Å². The molecule has 0 aliphatic carbocycles. The number of nitrogens with zero attached hydrogens (tertiary/aromatic N) is 3. The first-order chi connectivity index (χ1) is 32.2. The fourth-order valence-electron chi connectivity index (χ4n) is 9.24. The molecule has 0 amide bonds. The highest BCUT2D eigenvalue weighted by molar-refractivity contribution is 7.25. The maximum absolute atomic E-state index is 7.06. The van der Waals surface area contributed by atoms with E-state index >= 15 is 0 Å². The highest BCUT2D eigenvalue weighted by Gasteiger charge is 2.25. The zero-order valence-electron chi connectivity index (χ0n) is 35.3. The van der Waals surface area contributed by atoms with Crippen LogP contribution in [0.15, 0.2) is 253 Å². The van der Waals surface area contributed by atoms with Crippen molar-refractivity contribution in [3.8, 4) is 11.1 Å². The van der Waals surface area contributed by atoms with E-state index in [-0.39, 0.29) is 0 Å². The number of hydrogen-bond donors (Lipinski definition) is 0. The summed E-state index contributed by atoms with van der Waals surface area (Å²) in [5.74, 6) is 0. The Morgan fingerprint density at radius 2 is 0.754 bits per heavy atom. The van der Waals surface area contributed by atoms with Crippen LogP contribution in [0.25, 0.3) is 53.2 Å². The molecule has 308 valence electrons. The number of para-hydroxylation sites is 4. The number of rotatable bonds is 10. The van der Waals surface area contributed by atoms with Crippen LogP contribution in [0.4, 0.5) is 51.2 Å². The van der Waals surface area contributed by atoms with Crippen LogP contribution in [-0.4, -0.2) is 0 Å². The number of fused-ring (bicyclic) bond motifs is 6. The molecule has 0 aliphatic rings. The van der Waals surface area contributed by atoms with E-state index in [1.165, 1.54) is 20.2 Å². The third-order valence-corrected chi connectivity index (χ3v) is 13.3. The van der Waals surface area contributed by atoms with Crippen LogP contribution in [0.5, 0.6) is 0 Å². The fraction of sp³-hybridized carbons (Fsp3) is 0. The Bertz CT molecular complexity index is 3570. The Hall–Kier alpha value is -8.38. The zero-order valence-corrected chi connectivity index (χ0v) is 36.1. The third kappa shape index (κ3) is 7.05. The molecule has 0 bridgehead atoms. The second-order valence-corrected chi connectivity index (χ2v) is 17.2. The quantitative estimate of drug-likeness (QED) is 0.137. The molecule has 12 rings (SSSR count). The van der Waals surface area contributed by atoms with Gasteiger partial charge in [0.2, 0.25) is 0 Å². The summed E-state index contributed by atoms with van der Waals surface area (Å²) in [7, 11) is 0. The lowest BCUT2D eigenvalue weighted by Crippen LogP contribution is -2.13. The molecule has 2 heterocycles. The molecule has 0 saturated carbocycles. The van der Waals surface area contributed by atoms with Gasteiger partial charge in [0.15, 0.2) is 0 Å². The molecule has 0 aliphatic heterocycles. The van der Waals surface area contributed by atoms with Gasteiger partial charge in [-0.25, -0.2) is 0 Å². The van der Waals surface area contributed by atoms with Gasteiger partial charge in [0.25, 0.3) is 0 Å². The van der Waals surface area contributed by atoms with Crippen molar-refractivity contribution in [1.29, 1.82) is 0 Å². The number of furan rings is 1. The Balaban J connectivity index is 1.15. The highest BCUT2D eigenvalue weighted by Crippen LogP contribution is 2.49. The van der Waals surface area contributed by atoms with Crippen molar-refractivity contribution < 1.29 is 4.42 Å². The van der Waals surface area contributed by atoms with Crippen LogP contribution in [0.3, 0.4) is 0 Å². The van der Waals surface area contributed by atoms with E-state index in [2.05, 4.69) is 263 Å². The van der Waals surface area contributed by atoms with E-state index in [0.29, 0.717) is 0 Å². The van der Waals surface area contributed by atoms with Crippen molar-refractivity contribution in [3.63, 3.8) is 0 Å². The lowest BCUT2D eigenvalue weighted by molar-refractivity contribution is 0.669. The molecule has 12 aromatic rings. The van der Waals surface area contributed by atoms with E-state index in [0.717, 1.165) is 84.3 Å². The maximum Gasteiger partial charge on any atom is 0.139 e. The minimum absolute atomic E-state index is 0.791. The van der Waals surface area contributed by atoms with Gasteiger partial charge in [-0.15, -0.1) is 11.3 Å². The molecule has 2 aromatic heterocycles. The lowest BCUT2D eigenvalue weighted by atomic mass is 10.0. The molecule has 65 heavy (non-hydrogen) atoms. The number of hydrogen-bond acceptors (Lipinski definition) is 5. The molecule has 10 aromatic carbocycles. The van der Waals surface area contributed by atoms with Crippen LogP contribution in [0.1, 0.15) is 0 Å². The summed E-state index contributed by atoms with van der Waals surface area (Å²) < 4.78 is 9.61. The topological polar surface area (TPSA) is 22.9 Å². The second kappa shape index (κ2) is 16.4. The number of thiophene rings is 1. The monoisotopic (exact) mass is 851 g/mol. The zero-order chi connectivity index (χ0) is 43.1. The first-order valence-electron chi connectivity index (χ1n) is 21.9. The smallest absolute Gasteiger partial charge is 0.139 e.